The predicted octanol–water partition coefficient (Wildman–Crippen LogP) is 3.33. The van der Waals surface area contributed by atoms with Gasteiger partial charge in [0, 0.05) is 62.4 Å². The number of carbonyl (C=O) groups is 1. The van der Waals surface area contributed by atoms with Crippen LogP contribution in [0.1, 0.15) is 57.2 Å². The number of methoxy groups -OCH3 is 1. The number of nitrogens with zero attached hydrogens (tertiary/aromatic N) is 3. The van der Waals surface area contributed by atoms with Crippen molar-refractivity contribution in [1.82, 2.24) is 30.8 Å². The number of para-hydroxylation sites is 1. The van der Waals surface area contributed by atoms with Crippen LogP contribution in [-0.4, -0.2) is 123 Å². The minimum atomic E-state index is -0.860. The Morgan fingerprint density at radius 1 is 1.04 bits per heavy atom. The summed E-state index contributed by atoms with van der Waals surface area (Å²) < 4.78 is 6.14. The Balaban J connectivity index is 1.41. The molecule has 3 saturated carbocycles. The Bertz CT molecular complexity index is 1450. The number of carbonyl (C=O) groups excluding carboxylic acids is 1. The van der Waals surface area contributed by atoms with Crippen LogP contribution in [0.4, 0.5) is 0 Å². The summed E-state index contributed by atoms with van der Waals surface area (Å²) in [4.78, 5) is 24.9. The quantitative estimate of drug-likeness (QED) is 0.147. The summed E-state index contributed by atoms with van der Waals surface area (Å²) in [7, 11) is 9.99. The molecular formula is C41H66N6O5. The Hall–Kier alpha value is -2.61. The van der Waals surface area contributed by atoms with Gasteiger partial charge in [-0.05, 0) is 99.9 Å². The second kappa shape index (κ2) is 17.7. The number of ether oxygens (including phenoxy) is 1. The molecule has 2 bridgehead atoms. The van der Waals surface area contributed by atoms with E-state index in [-0.39, 0.29) is 25.1 Å². The highest BCUT2D eigenvalue weighted by molar-refractivity contribution is 5.83. The highest BCUT2D eigenvalue weighted by Gasteiger charge is 2.57. The summed E-state index contributed by atoms with van der Waals surface area (Å²) in [5, 5.41) is 33.5. The van der Waals surface area contributed by atoms with E-state index in [2.05, 4.69) is 99.0 Å². The number of benzene rings is 2. The Kier molecular flexibility index (Phi) is 13.8. The van der Waals surface area contributed by atoms with E-state index in [4.69, 9.17) is 9.57 Å². The second-order valence-electron chi connectivity index (χ2n) is 16.7. The molecule has 8 atom stereocenters. The number of amides is 1. The number of fused-ring (bicyclic) bond motifs is 2. The smallest absolute Gasteiger partial charge is 0.240 e. The molecule has 3 aliphatic carbocycles. The van der Waals surface area contributed by atoms with Crippen LogP contribution in [0.2, 0.25) is 0 Å². The normalized spacial score (nSPS) is 27.5. The molecule has 290 valence electrons. The summed E-state index contributed by atoms with van der Waals surface area (Å²) in [5.41, 5.74) is 5.55. The van der Waals surface area contributed by atoms with Crippen molar-refractivity contribution >= 4 is 5.91 Å². The van der Waals surface area contributed by atoms with Crippen LogP contribution in [0.25, 0.3) is 11.1 Å². The summed E-state index contributed by atoms with van der Waals surface area (Å²) in [6.45, 7) is 13.8. The molecule has 4 aliphatic rings. The lowest BCUT2D eigenvalue weighted by atomic mass is 9.45. The topological polar surface area (TPSA) is 122 Å². The van der Waals surface area contributed by atoms with Gasteiger partial charge in [-0.25, -0.2) is 0 Å². The van der Waals surface area contributed by atoms with Crippen molar-refractivity contribution in [2.45, 2.75) is 84.5 Å². The van der Waals surface area contributed by atoms with Crippen molar-refractivity contribution in [2.24, 2.45) is 29.1 Å². The fourth-order valence-corrected chi connectivity index (χ4v) is 9.02. The van der Waals surface area contributed by atoms with Crippen LogP contribution in [0.15, 0.2) is 36.4 Å². The molecule has 11 nitrogen and oxygen atoms in total. The molecule has 4 fully saturated rings. The molecule has 0 radical (unpaired) electrons. The van der Waals surface area contributed by atoms with E-state index in [1.807, 2.05) is 12.1 Å². The molecule has 2 aromatic rings. The maximum Gasteiger partial charge on any atom is 0.240 e. The summed E-state index contributed by atoms with van der Waals surface area (Å²) in [5.74, 6) is 1.50. The van der Waals surface area contributed by atoms with E-state index in [1.165, 1.54) is 17.5 Å². The average Bonchev–Trinajstić information content (AvgIpc) is 3.47. The van der Waals surface area contributed by atoms with Gasteiger partial charge in [-0.2, -0.15) is 5.06 Å². The maximum absolute atomic E-state index is 14.3. The minimum Gasteiger partial charge on any atom is -0.496 e. The van der Waals surface area contributed by atoms with Crippen LogP contribution in [0.5, 0.6) is 5.75 Å². The van der Waals surface area contributed by atoms with Gasteiger partial charge in [-0.1, -0.05) is 45.0 Å². The SMILES string of the molecule is COc1c(CN2O[C@@H](CO)[C@H]([C@H](C)O)[C@H]2C(=O)NC2C[C@H]3C[C@@H]([C@@H]2C)C3(C)C)cccc1-c1cc(CNCCN(C)C)cc(CNCCN(C)C)c1. The lowest BCUT2D eigenvalue weighted by Crippen LogP contribution is -2.62. The molecule has 0 spiro atoms. The Morgan fingerprint density at radius 3 is 2.19 bits per heavy atom. The predicted molar refractivity (Wildman–Crippen MR) is 207 cm³/mol. The zero-order chi connectivity index (χ0) is 37.7. The molecule has 0 aromatic heterocycles. The number of hydrogen-bond acceptors (Lipinski definition) is 10. The van der Waals surface area contributed by atoms with Gasteiger partial charge in [0.15, 0.2) is 0 Å². The van der Waals surface area contributed by atoms with Crippen LogP contribution >= 0.6 is 0 Å². The number of aliphatic hydroxyl groups excluding tert-OH is 2. The fourth-order valence-electron chi connectivity index (χ4n) is 9.02. The molecule has 5 N–H and O–H groups in total. The van der Waals surface area contributed by atoms with Gasteiger partial charge in [0.2, 0.25) is 5.91 Å². The van der Waals surface area contributed by atoms with Crippen LogP contribution in [-0.2, 0) is 29.3 Å². The van der Waals surface area contributed by atoms with Gasteiger partial charge in [-0.3, -0.25) is 9.63 Å². The van der Waals surface area contributed by atoms with E-state index in [1.54, 1.807) is 19.1 Å². The first-order valence-electron chi connectivity index (χ1n) is 19.3. The monoisotopic (exact) mass is 723 g/mol. The highest BCUT2D eigenvalue weighted by atomic mass is 16.7. The lowest BCUT2D eigenvalue weighted by molar-refractivity contribution is -0.183. The first kappa shape index (κ1) is 40.6. The third-order valence-corrected chi connectivity index (χ3v) is 12.2. The standard InChI is InChI=1S/C41H66N6O5/c1-26-34-20-32(41(34,3)4)21-35(26)44-40(50)38-37(27(2)49)36(25-48)52-47(38)24-30-11-10-12-33(39(30)51-9)31-18-28(22-42-13-15-45(5)6)17-29(19-31)23-43-14-16-46(7)8/h10-12,17-19,26-27,32,34-38,42-43,48-49H,13-16,20-25H2,1-9H3,(H,44,50)/t26-,27-,32+,34-,35?,36-,37-,38-/m0/s1. The molecule has 6 rings (SSSR count). The Morgan fingerprint density at radius 2 is 1.67 bits per heavy atom. The van der Waals surface area contributed by atoms with Gasteiger partial charge in [-0.15, -0.1) is 0 Å². The number of aliphatic hydroxyl groups is 2. The van der Waals surface area contributed by atoms with Crippen LogP contribution in [0, 0.1) is 29.1 Å². The van der Waals surface area contributed by atoms with E-state index in [0.717, 1.165) is 62.4 Å². The summed E-state index contributed by atoms with van der Waals surface area (Å²) in [6.07, 6.45) is 0.615. The van der Waals surface area contributed by atoms with Crippen LogP contribution in [0.3, 0.4) is 0 Å². The highest BCUT2D eigenvalue weighted by Crippen LogP contribution is 2.61. The zero-order valence-electron chi connectivity index (χ0n) is 33.1. The van der Waals surface area contributed by atoms with E-state index in [9.17, 15) is 15.0 Å². The van der Waals surface area contributed by atoms with Crippen molar-refractivity contribution < 1.29 is 24.6 Å². The molecule has 1 saturated heterocycles. The van der Waals surface area contributed by atoms with Gasteiger partial charge in [0.05, 0.1) is 26.4 Å². The molecule has 1 aliphatic heterocycles. The van der Waals surface area contributed by atoms with Crippen molar-refractivity contribution in [3.05, 3.63) is 53.1 Å². The number of rotatable bonds is 18. The van der Waals surface area contributed by atoms with Gasteiger partial charge >= 0.3 is 0 Å². The van der Waals surface area contributed by atoms with E-state index >= 15 is 0 Å². The molecule has 1 unspecified atom stereocenters. The van der Waals surface area contributed by atoms with Crippen molar-refractivity contribution in [1.29, 1.82) is 0 Å². The minimum absolute atomic E-state index is 0.0723. The second-order valence-corrected chi connectivity index (χ2v) is 16.7. The zero-order valence-corrected chi connectivity index (χ0v) is 33.1. The van der Waals surface area contributed by atoms with E-state index < -0.39 is 24.2 Å². The third kappa shape index (κ3) is 9.18. The first-order chi connectivity index (χ1) is 24.7. The average molecular weight is 723 g/mol. The van der Waals surface area contributed by atoms with Crippen molar-refractivity contribution in [3.63, 3.8) is 0 Å². The van der Waals surface area contributed by atoms with Gasteiger partial charge in [0.1, 0.15) is 17.9 Å². The summed E-state index contributed by atoms with van der Waals surface area (Å²) >= 11 is 0. The largest absolute Gasteiger partial charge is 0.496 e. The number of hydroxylamine groups is 2. The van der Waals surface area contributed by atoms with Gasteiger partial charge in [0.25, 0.3) is 0 Å². The molecule has 1 heterocycles. The van der Waals surface area contributed by atoms with Crippen LogP contribution < -0.4 is 20.7 Å². The number of nitrogens with one attached hydrogen (secondary N) is 3. The van der Waals surface area contributed by atoms with Crippen molar-refractivity contribution in [3.8, 4) is 16.9 Å². The maximum atomic E-state index is 14.3. The summed E-state index contributed by atoms with van der Waals surface area (Å²) in [6, 6.07) is 12.1. The molecule has 52 heavy (non-hydrogen) atoms. The molecule has 2 aromatic carbocycles. The Labute approximate surface area is 312 Å². The molecule has 11 heteroatoms. The lowest BCUT2D eigenvalue weighted by Gasteiger charge is -2.62. The van der Waals surface area contributed by atoms with Crippen molar-refractivity contribution in [2.75, 3.05) is 68.1 Å². The fraction of sp³-hybridized carbons (Fsp3) is 0.683. The molecule has 1 amide bonds. The first-order valence-corrected chi connectivity index (χ1v) is 19.3. The molecular weight excluding hydrogens is 656 g/mol. The number of hydrogen-bond donors (Lipinski definition) is 5. The van der Waals surface area contributed by atoms with Gasteiger partial charge < -0.3 is 40.7 Å². The number of likely N-dealkylation sites (N-methyl/N-ethyl adjacent to an activating group) is 2. The third-order valence-electron chi connectivity index (χ3n) is 12.2. The van der Waals surface area contributed by atoms with E-state index in [0.29, 0.717) is 28.9 Å².